The third-order valence-electron chi connectivity index (χ3n) is 2.63. The number of hydrogen-bond donors (Lipinski definition) is 2. The molecule has 10 heteroatoms. The van der Waals surface area contributed by atoms with Crippen molar-refractivity contribution in [2.45, 2.75) is 11.3 Å². The van der Waals surface area contributed by atoms with E-state index in [0.717, 1.165) is 0 Å². The molecule has 25 heavy (non-hydrogen) atoms. The van der Waals surface area contributed by atoms with Gasteiger partial charge in [-0.15, -0.1) is 13.2 Å². The van der Waals surface area contributed by atoms with Crippen LogP contribution in [-0.2, 0) is 10.0 Å². The van der Waals surface area contributed by atoms with Crippen molar-refractivity contribution < 1.29 is 31.5 Å². The number of anilines is 1. The summed E-state index contributed by atoms with van der Waals surface area (Å²) >= 11 is 3.09. The molecule has 0 amide bonds. The molecular weight excluding hydrogens is 427 g/mol. The lowest BCUT2D eigenvalue weighted by Gasteiger charge is -2.08. The van der Waals surface area contributed by atoms with E-state index in [4.69, 9.17) is 5.11 Å². The van der Waals surface area contributed by atoms with Gasteiger partial charge in [0.25, 0.3) is 10.0 Å². The zero-order chi connectivity index (χ0) is 19.1. The van der Waals surface area contributed by atoms with Gasteiger partial charge >= 0.3 is 6.36 Å². The lowest BCUT2D eigenvalue weighted by molar-refractivity contribution is -0.295. The van der Waals surface area contributed by atoms with Crippen molar-refractivity contribution in [2.24, 2.45) is 0 Å². The summed E-state index contributed by atoms with van der Waals surface area (Å²) in [6.07, 6.45) is -5.00. The van der Waals surface area contributed by atoms with Crippen LogP contribution in [-0.4, -0.2) is 31.0 Å². The monoisotopic (exact) mass is 439 g/mol. The van der Waals surface area contributed by atoms with Gasteiger partial charge in [-0.05, 0) is 36.4 Å². The third kappa shape index (κ3) is 8.14. The van der Waals surface area contributed by atoms with Crippen LogP contribution in [0, 0.1) is 0 Å². The van der Waals surface area contributed by atoms with Crippen LogP contribution in [0.2, 0.25) is 0 Å². The summed E-state index contributed by atoms with van der Waals surface area (Å²) in [5.74, 6) is -0.0533. The number of alkyl halides is 4. The van der Waals surface area contributed by atoms with Gasteiger partial charge in [-0.2, -0.15) is 0 Å². The minimum atomic E-state index is -5.00. The van der Waals surface area contributed by atoms with Crippen LogP contribution in [0.4, 0.5) is 18.9 Å². The molecule has 5 nitrogen and oxygen atoms in total. The highest BCUT2D eigenvalue weighted by atomic mass is 79.9. The Morgan fingerprint density at radius 1 is 1.04 bits per heavy atom. The quantitative estimate of drug-likeness (QED) is 0.550. The van der Waals surface area contributed by atoms with Crippen LogP contribution in [0.3, 0.4) is 0 Å². The number of nitrogens with one attached hydrogen (secondary N) is 1. The van der Waals surface area contributed by atoms with Gasteiger partial charge in [0.2, 0.25) is 0 Å². The predicted octanol–water partition coefficient (Wildman–Crippen LogP) is 3.56. The van der Waals surface area contributed by atoms with Gasteiger partial charge in [-0.25, -0.2) is 8.42 Å². The summed E-state index contributed by atoms with van der Waals surface area (Å²) in [7, 11) is -3.60. The molecule has 2 N–H and O–H groups in total. The van der Waals surface area contributed by atoms with Crippen LogP contribution in [0.1, 0.15) is 10.4 Å². The number of aliphatic hydroxyl groups is 1. The second-order valence-corrected chi connectivity index (χ2v) is 6.76. The van der Waals surface area contributed by atoms with Gasteiger partial charge in [-0.1, -0.05) is 34.1 Å². The van der Waals surface area contributed by atoms with E-state index in [2.05, 4.69) is 20.7 Å². The Morgan fingerprint density at radius 3 is 1.96 bits per heavy atom. The summed E-state index contributed by atoms with van der Waals surface area (Å²) in [5.41, 5.74) is 0.949. The molecule has 0 fully saturated rings. The van der Waals surface area contributed by atoms with Crippen molar-refractivity contribution >= 4 is 37.4 Å². The van der Waals surface area contributed by atoms with Gasteiger partial charge < -0.3 is 5.11 Å². The van der Waals surface area contributed by atoms with Gasteiger partial charge in [0.05, 0.1) is 10.2 Å². The molecule has 0 aliphatic heterocycles. The minimum Gasteiger partial charge on any atom is -0.308 e. The number of rotatable bonds is 5. The third-order valence-corrected chi connectivity index (χ3v) is 4.54. The van der Waals surface area contributed by atoms with Crippen LogP contribution in [0.5, 0.6) is 0 Å². The molecule has 0 atom stereocenters. The molecule has 136 valence electrons. The van der Waals surface area contributed by atoms with E-state index < -0.39 is 16.4 Å². The van der Waals surface area contributed by atoms with Crippen LogP contribution < -0.4 is 4.72 Å². The number of halogens is 4. The molecule has 0 radical (unpaired) electrons. The molecule has 0 spiro atoms. The number of carbonyl (C=O) groups is 1. The molecule has 0 aliphatic carbocycles. The van der Waals surface area contributed by atoms with E-state index in [9.17, 15) is 26.4 Å². The number of benzene rings is 2. The van der Waals surface area contributed by atoms with Gasteiger partial charge in [0.15, 0.2) is 5.78 Å². The van der Waals surface area contributed by atoms with Crippen LogP contribution in [0.25, 0.3) is 0 Å². The van der Waals surface area contributed by atoms with Gasteiger partial charge in [-0.3, -0.25) is 9.52 Å². The summed E-state index contributed by atoms with van der Waals surface area (Å²) in [5, 5.41) is 6.76. The first-order chi connectivity index (χ1) is 11.5. The SMILES string of the molecule is O=C(CBr)c1ccc(NS(=O)(=O)c2ccccc2)cc1.OC(F)(F)F. The zero-order valence-electron chi connectivity index (χ0n) is 12.5. The van der Waals surface area contributed by atoms with E-state index in [1.54, 1.807) is 42.5 Å². The highest BCUT2D eigenvalue weighted by Crippen LogP contribution is 2.16. The lowest BCUT2D eigenvalue weighted by atomic mass is 10.1. The Labute approximate surface area is 150 Å². The number of carbonyl (C=O) groups excluding carboxylic acids is 1. The van der Waals surface area contributed by atoms with Crippen molar-refractivity contribution in [2.75, 3.05) is 10.1 Å². The molecule has 2 rings (SSSR count). The fraction of sp³-hybridized carbons (Fsp3) is 0.133. The fourth-order valence-electron chi connectivity index (χ4n) is 1.62. The average Bonchev–Trinajstić information content (AvgIpc) is 2.54. The van der Waals surface area contributed by atoms with E-state index in [1.165, 1.54) is 12.1 Å². The Bertz CT molecular complexity index is 788. The molecule has 0 unspecified atom stereocenters. The largest absolute Gasteiger partial charge is 0.519 e. The fourth-order valence-corrected chi connectivity index (χ4v) is 3.02. The van der Waals surface area contributed by atoms with E-state index in [0.29, 0.717) is 11.3 Å². The Hall–Kier alpha value is -1.91. The van der Waals surface area contributed by atoms with Crippen molar-refractivity contribution in [1.82, 2.24) is 0 Å². The highest BCUT2D eigenvalue weighted by Gasteiger charge is 2.20. The molecule has 0 saturated heterocycles. The molecule has 0 heterocycles. The summed E-state index contributed by atoms with van der Waals surface area (Å²) < 4.78 is 56.4. The topological polar surface area (TPSA) is 83.5 Å². The molecule has 0 bridgehead atoms. The van der Waals surface area contributed by atoms with Crippen molar-refractivity contribution in [3.63, 3.8) is 0 Å². The van der Waals surface area contributed by atoms with Crippen molar-refractivity contribution in [3.8, 4) is 0 Å². The second-order valence-electron chi connectivity index (χ2n) is 4.52. The normalized spacial score (nSPS) is 11.2. The standard InChI is InChI=1S/C14H12BrNO3S.CHF3O/c15-10-14(17)11-6-8-12(9-7-11)16-20(18,19)13-4-2-1-3-5-13;2-1(3,4)5/h1-9,16H,10H2;5H. The maximum atomic E-state index is 12.1. The van der Waals surface area contributed by atoms with Crippen LogP contribution in [0.15, 0.2) is 59.5 Å². The molecular formula is C15H13BrF3NO4S. The Kier molecular flexibility index (Phi) is 7.59. The highest BCUT2D eigenvalue weighted by molar-refractivity contribution is 9.09. The Morgan fingerprint density at radius 2 is 1.52 bits per heavy atom. The first-order valence-electron chi connectivity index (χ1n) is 6.59. The van der Waals surface area contributed by atoms with Crippen molar-refractivity contribution in [3.05, 3.63) is 60.2 Å². The molecule has 0 aliphatic rings. The number of ketones is 1. The lowest BCUT2D eigenvalue weighted by Crippen LogP contribution is -2.12. The zero-order valence-corrected chi connectivity index (χ0v) is 14.9. The summed E-state index contributed by atoms with van der Waals surface area (Å²) in [4.78, 5) is 11.6. The Balaban J connectivity index is 0.000000550. The summed E-state index contributed by atoms with van der Waals surface area (Å²) in [6.45, 7) is 0. The van der Waals surface area contributed by atoms with E-state index >= 15 is 0 Å². The molecule has 0 saturated carbocycles. The maximum absolute atomic E-state index is 12.1. The average molecular weight is 440 g/mol. The second kappa shape index (κ2) is 8.97. The number of sulfonamides is 1. The smallest absolute Gasteiger partial charge is 0.308 e. The van der Waals surface area contributed by atoms with E-state index in [1.807, 2.05) is 0 Å². The maximum Gasteiger partial charge on any atom is 0.519 e. The number of hydrogen-bond acceptors (Lipinski definition) is 4. The van der Waals surface area contributed by atoms with Crippen molar-refractivity contribution in [1.29, 1.82) is 0 Å². The molecule has 0 aromatic heterocycles. The van der Waals surface area contributed by atoms with Gasteiger partial charge in [0, 0.05) is 11.3 Å². The summed E-state index contributed by atoms with van der Waals surface area (Å²) in [6, 6.07) is 14.4. The van der Waals surface area contributed by atoms with Crippen LogP contribution >= 0.6 is 15.9 Å². The van der Waals surface area contributed by atoms with E-state index in [-0.39, 0.29) is 16.0 Å². The molecule has 2 aromatic rings. The predicted molar refractivity (Wildman–Crippen MR) is 90.1 cm³/mol. The number of Topliss-reactive ketones (excluding diaryl/α,β-unsaturated/α-hetero) is 1. The minimum absolute atomic E-state index is 0.0533. The molecule has 2 aromatic carbocycles. The van der Waals surface area contributed by atoms with Gasteiger partial charge in [0.1, 0.15) is 0 Å². The first-order valence-corrected chi connectivity index (χ1v) is 9.19. The first kappa shape index (κ1) is 21.1.